The average molecular weight is 499 g/mol. The van der Waals surface area contributed by atoms with Crippen LogP contribution in [0.5, 0.6) is 11.5 Å². The summed E-state index contributed by atoms with van der Waals surface area (Å²) < 4.78 is 30.3. The maximum absolute atomic E-state index is 14.4. The van der Waals surface area contributed by atoms with E-state index in [4.69, 9.17) is 26.4 Å². The molecule has 2 aromatic rings. The molecule has 1 saturated heterocycles. The lowest BCUT2D eigenvalue weighted by Crippen LogP contribution is -2.54. The SMILES string of the molecule is C=CCc1cc(/C=C2\C(=O)NC(=S)N(c3ccccc3F)C2=O)cc(OC)c1OCC(=O)OCC. The Kier molecular flexibility index (Phi) is 8.32. The molecule has 0 aromatic heterocycles. The summed E-state index contributed by atoms with van der Waals surface area (Å²) in [6, 6.07) is 8.81. The van der Waals surface area contributed by atoms with E-state index in [1.165, 1.54) is 31.4 Å². The van der Waals surface area contributed by atoms with E-state index in [1.54, 1.807) is 31.2 Å². The van der Waals surface area contributed by atoms with Crippen LogP contribution in [0.25, 0.3) is 6.08 Å². The van der Waals surface area contributed by atoms with E-state index < -0.39 is 23.6 Å². The first-order valence-corrected chi connectivity index (χ1v) is 11.0. The van der Waals surface area contributed by atoms with Gasteiger partial charge in [-0.25, -0.2) is 14.1 Å². The third kappa shape index (κ3) is 5.72. The van der Waals surface area contributed by atoms with Gasteiger partial charge in [-0.3, -0.25) is 14.9 Å². The molecule has 0 radical (unpaired) electrons. The van der Waals surface area contributed by atoms with Crippen LogP contribution in [0, 0.1) is 5.82 Å². The number of allylic oxidation sites excluding steroid dienone is 1. The van der Waals surface area contributed by atoms with Crippen LogP contribution in [-0.4, -0.2) is 43.2 Å². The summed E-state index contributed by atoms with van der Waals surface area (Å²) in [5.41, 5.74) is 0.692. The van der Waals surface area contributed by atoms with Crippen molar-refractivity contribution in [3.8, 4) is 11.5 Å². The number of hydrogen-bond acceptors (Lipinski definition) is 7. The smallest absolute Gasteiger partial charge is 0.344 e. The van der Waals surface area contributed by atoms with Crippen LogP contribution in [0.3, 0.4) is 0 Å². The number of rotatable bonds is 9. The van der Waals surface area contributed by atoms with Crippen molar-refractivity contribution in [2.75, 3.05) is 25.2 Å². The fraction of sp³-hybridized carbons (Fsp3) is 0.200. The Balaban J connectivity index is 2.02. The Morgan fingerprint density at radius 3 is 2.66 bits per heavy atom. The van der Waals surface area contributed by atoms with E-state index >= 15 is 0 Å². The van der Waals surface area contributed by atoms with Gasteiger partial charge in [-0.1, -0.05) is 18.2 Å². The second kappa shape index (κ2) is 11.4. The molecule has 0 atom stereocenters. The highest BCUT2D eigenvalue weighted by molar-refractivity contribution is 7.80. The molecular weight excluding hydrogens is 475 g/mol. The third-order valence-electron chi connectivity index (χ3n) is 4.88. The molecule has 35 heavy (non-hydrogen) atoms. The predicted octanol–water partition coefficient (Wildman–Crippen LogP) is 3.34. The van der Waals surface area contributed by atoms with Crippen molar-refractivity contribution in [2.45, 2.75) is 13.3 Å². The molecule has 10 heteroatoms. The molecule has 0 aliphatic carbocycles. The maximum Gasteiger partial charge on any atom is 0.344 e. The number of hydrogen-bond donors (Lipinski definition) is 1. The fourth-order valence-corrected chi connectivity index (χ4v) is 3.67. The zero-order valence-corrected chi connectivity index (χ0v) is 19.9. The molecule has 0 spiro atoms. The lowest BCUT2D eigenvalue weighted by molar-refractivity contribution is -0.145. The van der Waals surface area contributed by atoms with Crippen molar-refractivity contribution in [2.24, 2.45) is 0 Å². The molecule has 1 aliphatic rings. The van der Waals surface area contributed by atoms with Gasteiger partial charge in [-0.15, -0.1) is 6.58 Å². The minimum atomic E-state index is -0.782. The van der Waals surface area contributed by atoms with Crippen molar-refractivity contribution in [3.05, 3.63) is 71.6 Å². The van der Waals surface area contributed by atoms with Crippen molar-refractivity contribution in [1.29, 1.82) is 0 Å². The quantitative estimate of drug-likeness (QED) is 0.186. The average Bonchev–Trinajstić information content (AvgIpc) is 2.82. The van der Waals surface area contributed by atoms with E-state index in [0.717, 1.165) is 4.90 Å². The minimum absolute atomic E-state index is 0.0824. The Morgan fingerprint density at radius 1 is 1.26 bits per heavy atom. The van der Waals surface area contributed by atoms with Crippen LogP contribution in [-0.2, 0) is 25.5 Å². The molecule has 8 nitrogen and oxygen atoms in total. The molecule has 182 valence electrons. The molecule has 1 fully saturated rings. The molecule has 2 aromatic carbocycles. The van der Waals surface area contributed by atoms with Gasteiger partial charge in [0.25, 0.3) is 11.8 Å². The van der Waals surface area contributed by atoms with Gasteiger partial charge in [0.05, 0.1) is 19.4 Å². The van der Waals surface area contributed by atoms with Crippen LogP contribution >= 0.6 is 12.2 Å². The second-order valence-corrected chi connectivity index (χ2v) is 7.59. The van der Waals surface area contributed by atoms with E-state index in [-0.39, 0.29) is 35.3 Å². The van der Waals surface area contributed by atoms with Crippen molar-refractivity contribution < 1.29 is 33.0 Å². The summed E-state index contributed by atoms with van der Waals surface area (Å²) in [6.45, 7) is 5.30. The molecule has 1 aliphatic heterocycles. The number of amides is 2. The summed E-state index contributed by atoms with van der Waals surface area (Å²) in [4.78, 5) is 38.5. The largest absolute Gasteiger partial charge is 0.493 e. The van der Waals surface area contributed by atoms with Crippen LogP contribution < -0.4 is 19.7 Å². The van der Waals surface area contributed by atoms with E-state index in [2.05, 4.69) is 11.9 Å². The number of esters is 1. The molecule has 0 bridgehead atoms. The second-order valence-electron chi connectivity index (χ2n) is 7.21. The van der Waals surface area contributed by atoms with Crippen LogP contribution in [0.2, 0.25) is 0 Å². The highest BCUT2D eigenvalue weighted by Gasteiger charge is 2.35. The first kappa shape index (κ1) is 25.6. The van der Waals surface area contributed by atoms with E-state index in [0.29, 0.717) is 23.3 Å². The number of benzene rings is 2. The minimum Gasteiger partial charge on any atom is -0.493 e. The highest BCUT2D eigenvalue weighted by atomic mass is 32.1. The number of carbonyl (C=O) groups excluding carboxylic acids is 3. The van der Waals surface area contributed by atoms with Gasteiger partial charge >= 0.3 is 5.97 Å². The number of halogens is 1. The van der Waals surface area contributed by atoms with Gasteiger partial charge in [-0.05, 0) is 61.5 Å². The zero-order chi connectivity index (χ0) is 25.5. The number of para-hydroxylation sites is 1. The fourth-order valence-electron chi connectivity index (χ4n) is 3.40. The summed E-state index contributed by atoms with van der Waals surface area (Å²) in [5, 5.41) is 2.19. The van der Waals surface area contributed by atoms with E-state index in [1.807, 2.05) is 0 Å². The molecular formula is C25H23FN2O6S. The predicted molar refractivity (Wildman–Crippen MR) is 132 cm³/mol. The molecule has 0 unspecified atom stereocenters. The van der Waals surface area contributed by atoms with Crippen LogP contribution in [0.4, 0.5) is 10.1 Å². The van der Waals surface area contributed by atoms with Crippen LogP contribution in [0.15, 0.2) is 54.6 Å². The van der Waals surface area contributed by atoms with Crippen molar-refractivity contribution in [1.82, 2.24) is 5.32 Å². The lowest BCUT2D eigenvalue weighted by Gasteiger charge is -2.29. The molecule has 1 heterocycles. The number of ether oxygens (including phenoxy) is 3. The third-order valence-corrected chi connectivity index (χ3v) is 5.17. The van der Waals surface area contributed by atoms with Crippen molar-refractivity contribution >= 4 is 46.9 Å². The normalized spacial score (nSPS) is 14.5. The summed E-state index contributed by atoms with van der Waals surface area (Å²) in [5.74, 6) is -2.15. The summed E-state index contributed by atoms with van der Waals surface area (Å²) in [7, 11) is 1.41. The molecule has 0 saturated carbocycles. The van der Waals surface area contributed by atoms with Gasteiger partial charge in [0.15, 0.2) is 23.2 Å². The number of carbonyl (C=O) groups is 3. The maximum atomic E-state index is 14.4. The van der Waals surface area contributed by atoms with Gasteiger partial charge in [0.1, 0.15) is 11.4 Å². The number of nitrogens with zero attached hydrogens (tertiary/aromatic N) is 1. The number of nitrogens with one attached hydrogen (secondary N) is 1. The highest BCUT2D eigenvalue weighted by Crippen LogP contribution is 2.35. The van der Waals surface area contributed by atoms with Gasteiger partial charge < -0.3 is 14.2 Å². The Hall–Kier alpha value is -4.05. The molecule has 2 amide bonds. The standard InChI is InChI=1S/C25H23FN2O6S/c1-4-8-16-11-15(13-20(32-3)22(16)34-14-21(29)33-5-2)12-17-23(30)27-25(35)28(24(17)31)19-10-7-6-9-18(19)26/h4,6-7,9-13H,1,5,8,14H2,2-3H3,(H,27,30,35)/b17-12+. The van der Waals surface area contributed by atoms with Gasteiger partial charge in [0.2, 0.25) is 0 Å². The number of anilines is 1. The number of methoxy groups -OCH3 is 1. The van der Waals surface area contributed by atoms with Crippen molar-refractivity contribution in [3.63, 3.8) is 0 Å². The first-order valence-electron chi connectivity index (χ1n) is 10.6. The Labute approximate surface area is 207 Å². The Bertz CT molecular complexity index is 1230. The Morgan fingerprint density at radius 2 is 2.00 bits per heavy atom. The molecule has 3 rings (SSSR count). The topological polar surface area (TPSA) is 94.2 Å². The summed E-state index contributed by atoms with van der Waals surface area (Å²) >= 11 is 5.12. The van der Waals surface area contributed by atoms with E-state index in [9.17, 15) is 18.8 Å². The zero-order valence-electron chi connectivity index (χ0n) is 19.1. The summed E-state index contributed by atoms with van der Waals surface area (Å²) in [6.07, 6.45) is 3.31. The first-order chi connectivity index (χ1) is 16.8. The van der Waals surface area contributed by atoms with Gasteiger partial charge in [-0.2, -0.15) is 0 Å². The van der Waals surface area contributed by atoms with Gasteiger partial charge in [0, 0.05) is 5.56 Å². The lowest BCUT2D eigenvalue weighted by atomic mass is 10.0. The monoisotopic (exact) mass is 498 g/mol. The molecule has 1 N–H and O–H groups in total. The van der Waals surface area contributed by atoms with Crippen LogP contribution in [0.1, 0.15) is 18.1 Å². The number of thiocarbonyl (C=S) groups is 1.